The van der Waals surface area contributed by atoms with Crippen LogP contribution in [0.25, 0.3) is 0 Å². The Morgan fingerprint density at radius 1 is 1.17 bits per heavy atom. The van der Waals surface area contributed by atoms with Crippen molar-refractivity contribution in [2.24, 2.45) is 5.92 Å². The molecular formula is C18H27FO3Si. The van der Waals surface area contributed by atoms with E-state index in [0.29, 0.717) is 5.75 Å². The second-order valence-corrected chi connectivity index (χ2v) is 9.90. The molecule has 1 aliphatic heterocycles. The Kier molecular flexibility index (Phi) is 7.75. The maximum Gasteiger partial charge on any atom is 0.314 e. The summed E-state index contributed by atoms with van der Waals surface area (Å²) in [5.74, 6) is -0.00263. The third kappa shape index (κ3) is 6.43. The first-order valence-corrected chi connectivity index (χ1v) is 11.1. The van der Waals surface area contributed by atoms with Gasteiger partial charge in [-0.1, -0.05) is 31.0 Å². The van der Waals surface area contributed by atoms with E-state index >= 15 is 0 Å². The topological polar surface area (TPSA) is 35.5 Å². The molecule has 0 spiro atoms. The molecule has 0 unspecified atom stereocenters. The molecule has 1 heterocycles. The number of ether oxygens (including phenoxy) is 2. The van der Waals surface area contributed by atoms with Crippen LogP contribution < -0.4 is 4.74 Å². The van der Waals surface area contributed by atoms with E-state index in [1.165, 1.54) is 55.2 Å². The molecule has 0 saturated carbocycles. The molecule has 1 aliphatic rings. The molecule has 128 valence electrons. The molecule has 0 N–H and O–H groups in total. The Labute approximate surface area is 139 Å². The van der Waals surface area contributed by atoms with Crippen molar-refractivity contribution in [3.8, 4) is 5.75 Å². The van der Waals surface area contributed by atoms with Crippen molar-refractivity contribution in [3.63, 3.8) is 0 Å². The van der Waals surface area contributed by atoms with Crippen LogP contribution in [0.2, 0.25) is 18.1 Å². The van der Waals surface area contributed by atoms with Crippen LogP contribution in [0.3, 0.4) is 0 Å². The summed E-state index contributed by atoms with van der Waals surface area (Å²) >= 11 is 0. The van der Waals surface area contributed by atoms with Crippen LogP contribution in [0, 0.1) is 11.7 Å². The molecule has 2 rings (SSSR count). The fraction of sp³-hybridized carbons (Fsp3) is 0.611. The predicted octanol–water partition coefficient (Wildman–Crippen LogP) is 4.18. The van der Waals surface area contributed by atoms with Crippen molar-refractivity contribution >= 4 is 14.8 Å². The van der Waals surface area contributed by atoms with Gasteiger partial charge in [0.15, 0.2) is 0 Å². The van der Waals surface area contributed by atoms with Crippen LogP contribution in [-0.4, -0.2) is 28.5 Å². The molecule has 3 nitrogen and oxygen atoms in total. The van der Waals surface area contributed by atoms with Crippen LogP contribution in [0.4, 0.5) is 4.39 Å². The summed E-state index contributed by atoms with van der Waals surface area (Å²) in [6, 6.07) is 9.53. The van der Waals surface area contributed by atoms with Crippen LogP contribution in [0.5, 0.6) is 5.75 Å². The number of unbranched alkanes of at least 4 members (excludes halogenated alkanes) is 2. The second-order valence-electron chi connectivity index (χ2n) is 6.43. The highest BCUT2D eigenvalue weighted by atomic mass is 28.3. The number of benzene rings is 1. The van der Waals surface area contributed by atoms with E-state index in [9.17, 15) is 9.18 Å². The number of methoxy groups -OCH3 is 1. The molecule has 1 aromatic carbocycles. The average molecular weight is 338 g/mol. The van der Waals surface area contributed by atoms with Gasteiger partial charge in [0.25, 0.3) is 0 Å². The van der Waals surface area contributed by atoms with Crippen LogP contribution in [0.1, 0.15) is 32.1 Å². The maximum absolute atomic E-state index is 12.8. The Morgan fingerprint density at radius 3 is 2.52 bits per heavy atom. The van der Waals surface area contributed by atoms with E-state index in [2.05, 4.69) is 0 Å². The summed E-state index contributed by atoms with van der Waals surface area (Å²) in [4.78, 5) is 12.2. The number of carbonyl (C=O) groups excluding carboxylic acids is 1. The van der Waals surface area contributed by atoms with E-state index in [1.807, 2.05) is 0 Å². The summed E-state index contributed by atoms with van der Waals surface area (Å²) in [5.41, 5.74) is 0. The fourth-order valence-corrected chi connectivity index (χ4v) is 6.72. The van der Waals surface area contributed by atoms with E-state index in [4.69, 9.17) is 9.47 Å². The van der Waals surface area contributed by atoms with Crippen LogP contribution >= 0.6 is 0 Å². The number of rotatable bonds is 8. The zero-order valence-corrected chi connectivity index (χ0v) is 15.1. The lowest BCUT2D eigenvalue weighted by Crippen LogP contribution is -2.28. The molecule has 23 heavy (non-hydrogen) atoms. The lowest BCUT2D eigenvalue weighted by molar-refractivity contribution is -0.139. The van der Waals surface area contributed by atoms with Gasteiger partial charge < -0.3 is 9.47 Å². The van der Waals surface area contributed by atoms with Gasteiger partial charge >= 0.3 is 5.97 Å². The molecule has 1 saturated heterocycles. The quantitative estimate of drug-likeness (QED) is 0.309. The highest BCUT2D eigenvalue weighted by molar-refractivity contribution is 6.59. The lowest BCUT2D eigenvalue weighted by atomic mass is 10.0. The summed E-state index contributed by atoms with van der Waals surface area (Å²) < 4.78 is 23.3. The molecule has 5 heteroatoms. The lowest BCUT2D eigenvalue weighted by Gasteiger charge is -2.26. The van der Waals surface area contributed by atoms with E-state index < -0.39 is 8.80 Å². The first kappa shape index (κ1) is 18.1. The minimum Gasteiger partial charge on any atom is -0.426 e. The summed E-state index contributed by atoms with van der Waals surface area (Å²) in [6.45, 7) is 0.865. The monoisotopic (exact) mass is 338 g/mol. The molecule has 0 aromatic heterocycles. The Morgan fingerprint density at radius 2 is 1.87 bits per heavy atom. The molecule has 1 fully saturated rings. The predicted molar refractivity (Wildman–Crippen MR) is 92.1 cm³/mol. The van der Waals surface area contributed by atoms with Gasteiger partial charge in [-0.15, -0.1) is 0 Å². The van der Waals surface area contributed by atoms with Gasteiger partial charge in [-0.3, -0.25) is 4.79 Å². The van der Waals surface area contributed by atoms with Crippen molar-refractivity contribution in [2.45, 2.75) is 50.2 Å². The Hall–Kier alpha value is -1.20. The smallest absolute Gasteiger partial charge is 0.314 e. The molecule has 0 amide bonds. The molecule has 0 atom stereocenters. The molecule has 1 aromatic rings. The highest BCUT2D eigenvalue weighted by Gasteiger charge is 2.28. The number of hydrogen-bond acceptors (Lipinski definition) is 3. The van der Waals surface area contributed by atoms with E-state index in [0.717, 1.165) is 25.9 Å². The van der Waals surface area contributed by atoms with Gasteiger partial charge in [0.2, 0.25) is 0 Å². The molecule has 0 bridgehead atoms. The first-order valence-electron chi connectivity index (χ1n) is 8.65. The second kappa shape index (κ2) is 9.83. The molecule has 0 radical (unpaired) electrons. The zero-order chi connectivity index (χ0) is 16.5. The van der Waals surface area contributed by atoms with Gasteiger partial charge in [-0.05, 0) is 43.5 Å². The largest absolute Gasteiger partial charge is 0.426 e. The van der Waals surface area contributed by atoms with Crippen LogP contribution in [0.15, 0.2) is 24.3 Å². The zero-order valence-electron chi connectivity index (χ0n) is 13.9. The maximum atomic E-state index is 12.8. The van der Waals surface area contributed by atoms with Gasteiger partial charge in [-0.25, -0.2) is 4.39 Å². The minimum atomic E-state index is -0.647. The Balaban J connectivity index is 1.65. The van der Waals surface area contributed by atoms with E-state index in [1.54, 1.807) is 7.11 Å². The van der Waals surface area contributed by atoms with Gasteiger partial charge in [0.05, 0.1) is 5.92 Å². The molecule has 0 aliphatic carbocycles. The normalized spacial score (nSPS) is 21.1. The first-order chi connectivity index (χ1) is 11.2. The molecular weight excluding hydrogens is 311 g/mol. The summed E-state index contributed by atoms with van der Waals surface area (Å²) in [6.07, 6.45) is 5.66. The minimum absolute atomic E-state index is 0.0253. The standard InChI is InChI=1S/C18H27FO3Si/c1-21-11-3-2-4-12-23-13-9-15(10-14-23)18(20)22-17-7-5-16(19)6-8-17/h5-8,15,23H,2-4,9-14H2,1H3/t15-,23-. The van der Waals surface area contributed by atoms with Crippen molar-refractivity contribution in [1.82, 2.24) is 0 Å². The van der Waals surface area contributed by atoms with Crippen molar-refractivity contribution < 1.29 is 18.7 Å². The van der Waals surface area contributed by atoms with Crippen LogP contribution in [-0.2, 0) is 9.53 Å². The van der Waals surface area contributed by atoms with Crippen molar-refractivity contribution in [2.75, 3.05) is 13.7 Å². The van der Waals surface area contributed by atoms with Gasteiger partial charge in [-0.2, -0.15) is 0 Å². The van der Waals surface area contributed by atoms with E-state index in [-0.39, 0.29) is 17.7 Å². The van der Waals surface area contributed by atoms with Crippen molar-refractivity contribution in [3.05, 3.63) is 30.1 Å². The van der Waals surface area contributed by atoms with Gasteiger partial charge in [0, 0.05) is 22.5 Å². The SMILES string of the molecule is COCCCCC[Si@H]1CC[C@H](C(=O)Oc2ccc(F)cc2)CC1. The Bertz CT molecular complexity index is 470. The number of halogens is 1. The average Bonchev–Trinajstić information content (AvgIpc) is 2.57. The fourth-order valence-electron chi connectivity index (χ4n) is 3.25. The third-order valence-corrected chi connectivity index (χ3v) is 8.20. The number of carbonyl (C=O) groups is 1. The highest BCUT2D eigenvalue weighted by Crippen LogP contribution is 2.29. The van der Waals surface area contributed by atoms with Crippen molar-refractivity contribution in [1.29, 1.82) is 0 Å². The summed E-state index contributed by atoms with van der Waals surface area (Å²) in [5, 5.41) is 0. The summed E-state index contributed by atoms with van der Waals surface area (Å²) in [7, 11) is 1.10. The third-order valence-electron chi connectivity index (χ3n) is 4.67. The number of esters is 1. The number of hydrogen-bond donors (Lipinski definition) is 0. The van der Waals surface area contributed by atoms with Gasteiger partial charge in [0.1, 0.15) is 11.6 Å².